The van der Waals surface area contributed by atoms with Crippen LogP contribution in [0.1, 0.15) is 23.2 Å². The molecule has 0 bridgehead atoms. The Hall–Kier alpha value is -0.890. The van der Waals surface area contributed by atoms with E-state index >= 15 is 0 Å². The van der Waals surface area contributed by atoms with E-state index in [4.69, 9.17) is 0 Å². The van der Waals surface area contributed by atoms with Crippen LogP contribution in [0.5, 0.6) is 0 Å². The SMILES string of the molecule is C=CCCC(=O)c1ccsc1. The zero-order valence-electron chi connectivity index (χ0n) is 6.25. The van der Waals surface area contributed by atoms with E-state index < -0.39 is 0 Å². The van der Waals surface area contributed by atoms with E-state index in [2.05, 4.69) is 6.58 Å². The van der Waals surface area contributed by atoms with Gasteiger partial charge in [0.2, 0.25) is 0 Å². The van der Waals surface area contributed by atoms with E-state index in [9.17, 15) is 4.79 Å². The normalized spacial score (nSPS) is 9.45. The molecule has 0 atom stereocenters. The van der Waals surface area contributed by atoms with Crippen LogP contribution in [-0.2, 0) is 0 Å². The van der Waals surface area contributed by atoms with Crippen molar-refractivity contribution in [3.63, 3.8) is 0 Å². The van der Waals surface area contributed by atoms with Crippen LogP contribution >= 0.6 is 11.3 Å². The molecule has 0 spiro atoms. The molecule has 0 aliphatic heterocycles. The highest BCUT2D eigenvalue weighted by molar-refractivity contribution is 7.08. The first-order chi connectivity index (χ1) is 5.34. The number of hydrogen-bond acceptors (Lipinski definition) is 2. The van der Waals surface area contributed by atoms with Gasteiger partial charge in [0, 0.05) is 17.4 Å². The topological polar surface area (TPSA) is 17.1 Å². The van der Waals surface area contributed by atoms with Gasteiger partial charge >= 0.3 is 0 Å². The highest BCUT2D eigenvalue weighted by Gasteiger charge is 2.03. The number of rotatable bonds is 4. The average Bonchev–Trinajstić information content (AvgIpc) is 2.52. The molecular weight excluding hydrogens is 156 g/mol. The molecule has 0 saturated heterocycles. The van der Waals surface area contributed by atoms with Gasteiger partial charge in [0.05, 0.1) is 0 Å². The summed E-state index contributed by atoms with van der Waals surface area (Å²) in [7, 11) is 0. The number of ketones is 1. The van der Waals surface area contributed by atoms with Crippen molar-refractivity contribution in [1.29, 1.82) is 0 Å². The van der Waals surface area contributed by atoms with Crippen molar-refractivity contribution < 1.29 is 4.79 Å². The molecule has 11 heavy (non-hydrogen) atoms. The lowest BCUT2D eigenvalue weighted by atomic mass is 10.1. The van der Waals surface area contributed by atoms with Crippen LogP contribution in [0.3, 0.4) is 0 Å². The molecule has 0 radical (unpaired) electrons. The third-order valence-corrected chi connectivity index (χ3v) is 2.10. The average molecular weight is 166 g/mol. The summed E-state index contributed by atoms with van der Waals surface area (Å²) in [4.78, 5) is 11.2. The van der Waals surface area contributed by atoms with Crippen molar-refractivity contribution in [2.24, 2.45) is 0 Å². The Bertz CT molecular complexity index is 236. The fraction of sp³-hybridized carbons (Fsp3) is 0.222. The van der Waals surface area contributed by atoms with E-state index in [0.717, 1.165) is 12.0 Å². The summed E-state index contributed by atoms with van der Waals surface area (Å²) < 4.78 is 0. The summed E-state index contributed by atoms with van der Waals surface area (Å²) in [5.74, 6) is 0.214. The molecule has 1 rings (SSSR count). The summed E-state index contributed by atoms with van der Waals surface area (Å²) in [6.45, 7) is 3.56. The maximum atomic E-state index is 11.2. The Morgan fingerprint density at radius 3 is 3.09 bits per heavy atom. The minimum atomic E-state index is 0.214. The van der Waals surface area contributed by atoms with Gasteiger partial charge in [-0.25, -0.2) is 0 Å². The standard InChI is InChI=1S/C9H10OS/c1-2-3-4-9(10)8-5-6-11-7-8/h2,5-7H,1,3-4H2. The van der Waals surface area contributed by atoms with Crippen LogP contribution in [-0.4, -0.2) is 5.78 Å². The Labute approximate surface area is 70.4 Å². The minimum Gasteiger partial charge on any atom is -0.294 e. The van der Waals surface area contributed by atoms with Crippen LogP contribution in [0.2, 0.25) is 0 Å². The molecule has 2 heteroatoms. The second-order valence-electron chi connectivity index (χ2n) is 2.26. The first-order valence-corrected chi connectivity index (χ1v) is 4.45. The van der Waals surface area contributed by atoms with Gasteiger partial charge in [-0.1, -0.05) is 6.08 Å². The third-order valence-electron chi connectivity index (χ3n) is 1.42. The number of allylic oxidation sites excluding steroid dienone is 1. The van der Waals surface area contributed by atoms with Crippen LogP contribution in [0.15, 0.2) is 29.5 Å². The molecule has 0 aromatic carbocycles. The van der Waals surface area contributed by atoms with E-state index in [1.807, 2.05) is 16.8 Å². The molecule has 0 aliphatic carbocycles. The molecule has 1 heterocycles. The number of Topliss-reactive ketones (excluding diaryl/α,β-unsaturated/α-hetero) is 1. The minimum absolute atomic E-state index is 0.214. The van der Waals surface area contributed by atoms with Gasteiger partial charge in [-0.15, -0.1) is 6.58 Å². The molecule has 1 aromatic heterocycles. The number of carbonyl (C=O) groups is 1. The molecule has 1 aromatic rings. The van der Waals surface area contributed by atoms with Gasteiger partial charge in [0.25, 0.3) is 0 Å². The molecule has 0 N–H and O–H groups in total. The van der Waals surface area contributed by atoms with E-state index in [1.165, 1.54) is 0 Å². The smallest absolute Gasteiger partial charge is 0.164 e. The molecular formula is C9H10OS. The maximum absolute atomic E-state index is 11.2. The second kappa shape index (κ2) is 4.09. The van der Waals surface area contributed by atoms with Crippen LogP contribution < -0.4 is 0 Å². The van der Waals surface area contributed by atoms with Crippen molar-refractivity contribution >= 4 is 17.1 Å². The largest absolute Gasteiger partial charge is 0.294 e. The predicted octanol–water partition coefficient (Wildman–Crippen LogP) is 2.90. The quantitative estimate of drug-likeness (QED) is 0.496. The Kier molecular flexibility index (Phi) is 3.05. The van der Waals surface area contributed by atoms with Gasteiger partial charge in [-0.2, -0.15) is 11.3 Å². The van der Waals surface area contributed by atoms with E-state index in [-0.39, 0.29) is 5.78 Å². The van der Waals surface area contributed by atoms with Crippen molar-refractivity contribution in [2.75, 3.05) is 0 Å². The number of thiophene rings is 1. The fourth-order valence-corrected chi connectivity index (χ4v) is 1.46. The Balaban J connectivity index is 2.49. The van der Waals surface area contributed by atoms with Crippen molar-refractivity contribution in [1.82, 2.24) is 0 Å². The molecule has 0 amide bonds. The summed E-state index contributed by atoms with van der Waals surface area (Å²) in [5, 5.41) is 3.80. The molecule has 0 saturated carbocycles. The van der Waals surface area contributed by atoms with Gasteiger partial charge in [-0.05, 0) is 17.9 Å². The summed E-state index contributed by atoms with van der Waals surface area (Å²) in [5.41, 5.74) is 0.830. The monoisotopic (exact) mass is 166 g/mol. The van der Waals surface area contributed by atoms with Crippen LogP contribution in [0.25, 0.3) is 0 Å². The lowest BCUT2D eigenvalue weighted by Gasteiger charge is -1.91. The van der Waals surface area contributed by atoms with Gasteiger partial charge in [0.15, 0.2) is 5.78 Å². The van der Waals surface area contributed by atoms with Crippen LogP contribution in [0.4, 0.5) is 0 Å². The Morgan fingerprint density at radius 2 is 2.55 bits per heavy atom. The first kappa shape index (κ1) is 8.21. The van der Waals surface area contributed by atoms with Gasteiger partial charge < -0.3 is 0 Å². The summed E-state index contributed by atoms with van der Waals surface area (Å²) in [6.07, 6.45) is 3.12. The van der Waals surface area contributed by atoms with Crippen molar-refractivity contribution in [2.45, 2.75) is 12.8 Å². The fourth-order valence-electron chi connectivity index (χ4n) is 0.801. The van der Waals surface area contributed by atoms with Crippen molar-refractivity contribution in [3.05, 3.63) is 35.0 Å². The maximum Gasteiger partial charge on any atom is 0.164 e. The third kappa shape index (κ3) is 2.31. The lowest BCUT2D eigenvalue weighted by molar-refractivity contribution is 0.0984. The van der Waals surface area contributed by atoms with Crippen molar-refractivity contribution in [3.8, 4) is 0 Å². The van der Waals surface area contributed by atoms with E-state index in [1.54, 1.807) is 17.4 Å². The lowest BCUT2D eigenvalue weighted by Crippen LogP contribution is -1.94. The predicted molar refractivity (Wildman–Crippen MR) is 48.1 cm³/mol. The van der Waals surface area contributed by atoms with Gasteiger partial charge in [0.1, 0.15) is 0 Å². The van der Waals surface area contributed by atoms with E-state index in [0.29, 0.717) is 6.42 Å². The number of hydrogen-bond donors (Lipinski definition) is 0. The molecule has 0 unspecified atom stereocenters. The zero-order chi connectivity index (χ0) is 8.10. The molecule has 1 nitrogen and oxygen atoms in total. The highest BCUT2D eigenvalue weighted by Crippen LogP contribution is 2.09. The number of carbonyl (C=O) groups excluding carboxylic acids is 1. The molecule has 0 fully saturated rings. The molecule has 0 aliphatic rings. The zero-order valence-corrected chi connectivity index (χ0v) is 7.06. The summed E-state index contributed by atoms with van der Waals surface area (Å²) in [6, 6.07) is 1.86. The van der Waals surface area contributed by atoms with Crippen LogP contribution in [0, 0.1) is 0 Å². The summed E-state index contributed by atoms with van der Waals surface area (Å²) >= 11 is 1.55. The second-order valence-corrected chi connectivity index (χ2v) is 3.04. The highest BCUT2D eigenvalue weighted by atomic mass is 32.1. The molecule has 58 valence electrons. The van der Waals surface area contributed by atoms with Gasteiger partial charge in [-0.3, -0.25) is 4.79 Å². The Morgan fingerprint density at radius 1 is 1.73 bits per heavy atom. The first-order valence-electron chi connectivity index (χ1n) is 3.51.